The molecule has 0 heterocycles. The fraction of sp³-hybridized carbons (Fsp3) is 0.714. The van der Waals surface area contributed by atoms with Gasteiger partial charge in [0.1, 0.15) is 12.2 Å². The molecule has 0 bridgehead atoms. The third-order valence-electron chi connectivity index (χ3n) is 8.62. The van der Waals surface area contributed by atoms with Gasteiger partial charge in [-0.25, -0.2) is 8.96 Å². The number of alkyl halides is 1. The van der Waals surface area contributed by atoms with E-state index >= 15 is 4.39 Å². The van der Waals surface area contributed by atoms with Crippen LogP contribution in [0.1, 0.15) is 46.0 Å². The molecule has 172 valence electrons. The van der Waals surface area contributed by atoms with E-state index in [1.54, 1.807) is 13.8 Å². The topological polar surface area (TPSA) is 141 Å². The summed E-state index contributed by atoms with van der Waals surface area (Å²) >= 11 is 0. The Hall–Kier alpha value is 0.780. The van der Waals surface area contributed by atoms with Gasteiger partial charge in [0.05, 0.1) is 6.10 Å². The summed E-state index contributed by atoms with van der Waals surface area (Å²) in [7, 11) is -4.91. The first-order chi connectivity index (χ1) is 14.2. The second kappa shape index (κ2) is 9.58. The van der Waals surface area contributed by atoms with Crippen molar-refractivity contribution in [3.63, 3.8) is 0 Å². The van der Waals surface area contributed by atoms with E-state index in [0.717, 1.165) is 0 Å². The number of carbonyl (C=O) groups is 2. The number of hydrogen-bond acceptors (Lipinski definition) is 6. The fourth-order valence-corrected chi connectivity index (χ4v) is 7.22. The number of phosphoric ester groups is 1. The van der Waals surface area contributed by atoms with Gasteiger partial charge in [-0.15, -0.1) is 0 Å². The number of aliphatic hydroxyl groups is 2. The van der Waals surface area contributed by atoms with Crippen LogP contribution >= 0.6 is 7.82 Å². The number of allylic oxidation sites excluding steroid dienone is 4. The molecule has 0 amide bonds. The number of rotatable bonds is 4. The molecule has 0 saturated heterocycles. The molecule has 0 radical (unpaired) electrons. The fourth-order valence-electron chi connectivity index (χ4n) is 6.94. The van der Waals surface area contributed by atoms with Crippen molar-refractivity contribution in [3.05, 3.63) is 23.8 Å². The Kier molecular flexibility index (Phi) is 8.71. The summed E-state index contributed by atoms with van der Waals surface area (Å²) in [6.45, 7) is 2.34. The number of aliphatic hydroxyl groups excluding tert-OH is 1. The SMILES string of the molecule is C[C@]12C=CC(=O)C=C1CC[C@H]1[C@@H]3CC[C@](O)(C(=O)COP(=O)(O)O)[C@@]3(C)CC(O)[C@@]12F.[Na+].[Na+]. The molecule has 0 spiro atoms. The van der Waals surface area contributed by atoms with Gasteiger partial charge in [0.25, 0.3) is 0 Å². The summed E-state index contributed by atoms with van der Waals surface area (Å²) in [5.74, 6) is -2.19. The average Bonchev–Trinajstić information content (AvgIpc) is 2.93. The van der Waals surface area contributed by atoms with E-state index in [-0.39, 0.29) is 77.7 Å². The molecule has 12 heteroatoms. The van der Waals surface area contributed by atoms with Crippen LogP contribution < -0.4 is 59.1 Å². The summed E-state index contributed by atoms with van der Waals surface area (Å²) in [4.78, 5) is 42.5. The largest absolute Gasteiger partial charge is 1.00 e. The van der Waals surface area contributed by atoms with Crippen LogP contribution in [0.5, 0.6) is 0 Å². The number of hydrogen-bond donors (Lipinski definition) is 4. The van der Waals surface area contributed by atoms with Gasteiger partial charge in [0, 0.05) is 16.7 Å². The van der Waals surface area contributed by atoms with E-state index in [1.165, 1.54) is 18.2 Å². The second-order valence-corrected chi connectivity index (χ2v) is 11.1. The molecule has 3 saturated carbocycles. The Morgan fingerprint density at radius 1 is 1.24 bits per heavy atom. The van der Waals surface area contributed by atoms with Gasteiger partial charge < -0.3 is 20.0 Å². The number of halogens is 1. The van der Waals surface area contributed by atoms with E-state index in [1.807, 2.05) is 0 Å². The third kappa shape index (κ3) is 4.32. The summed E-state index contributed by atoms with van der Waals surface area (Å²) in [6.07, 6.45) is 3.73. The molecule has 8 nitrogen and oxygen atoms in total. The molecule has 7 atom stereocenters. The van der Waals surface area contributed by atoms with Crippen molar-refractivity contribution in [3.8, 4) is 0 Å². The van der Waals surface area contributed by atoms with E-state index in [9.17, 15) is 24.4 Å². The zero-order valence-electron chi connectivity index (χ0n) is 19.5. The minimum atomic E-state index is -4.91. The molecule has 0 aliphatic heterocycles. The molecule has 33 heavy (non-hydrogen) atoms. The predicted octanol–water partition coefficient (Wildman–Crippen LogP) is -4.23. The van der Waals surface area contributed by atoms with Crippen molar-refractivity contribution in [2.24, 2.45) is 22.7 Å². The number of ketones is 2. The van der Waals surface area contributed by atoms with Gasteiger partial charge in [-0.1, -0.05) is 18.6 Å². The number of carbonyl (C=O) groups excluding carboxylic acids is 2. The van der Waals surface area contributed by atoms with Crippen molar-refractivity contribution in [1.29, 1.82) is 0 Å². The van der Waals surface area contributed by atoms with Gasteiger partial charge in [0.15, 0.2) is 17.2 Å². The zero-order chi connectivity index (χ0) is 23.0. The van der Waals surface area contributed by atoms with Crippen LogP contribution in [0.3, 0.4) is 0 Å². The maximum Gasteiger partial charge on any atom is 1.00 e. The maximum absolute atomic E-state index is 16.9. The van der Waals surface area contributed by atoms with Crippen LogP contribution in [0.4, 0.5) is 4.39 Å². The Morgan fingerprint density at radius 3 is 2.48 bits per heavy atom. The van der Waals surface area contributed by atoms with Gasteiger partial charge in [-0.3, -0.25) is 14.1 Å². The molecule has 0 aromatic rings. The number of phosphoric acid groups is 1. The van der Waals surface area contributed by atoms with Crippen molar-refractivity contribution in [2.45, 2.75) is 63.3 Å². The number of Topliss-reactive ketones (excluding diaryl/α,β-unsaturated/α-hetero) is 1. The van der Waals surface area contributed by atoms with Crippen LogP contribution in [-0.4, -0.2) is 55.5 Å². The van der Waals surface area contributed by atoms with Crippen molar-refractivity contribution >= 4 is 19.4 Å². The third-order valence-corrected chi connectivity index (χ3v) is 9.08. The molecule has 4 aliphatic rings. The van der Waals surface area contributed by atoms with Crippen LogP contribution in [0.15, 0.2) is 23.8 Å². The van der Waals surface area contributed by atoms with E-state index in [4.69, 9.17) is 9.79 Å². The van der Waals surface area contributed by atoms with Gasteiger partial charge in [0.2, 0.25) is 0 Å². The first-order valence-corrected chi connectivity index (χ1v) is 12.0. The first kappa shape index (κ1) is 30.0. The van der Waals surface area contributed by atoms with Crippen LogP contribution in [-0.2, 0) is 18.7 Å². The van der Waals surface area contributed by atoms with Gasteiger partial charge in [-0.05, 0) is 57.1 Å². The van der Waals surface area contributed by atoms with Crippen molar-refractivity contribution in [2.75, 3.05) is 6.61 Å². The molecule has 4 rings (SSSR count). The van der Waals surface area contributed by atoms with E-state index in [2.05, 4.69) is 4.52 Å². The molecule has 4 N–H and O–H groups in total. The van der Waals surface area contributed by atoms with Gasteiger partial charge >= 0.3 is 66.9 Å². The molecule has 3 fully saturated rings. The summed E-state index contributed by atoms with van der Waals surface area (Å²) in [5, 5.41) is 22.5. The molecular formula is C21H28FNa2O8P+2. The second-order valence-electron chi connectivity index (χ2n) is 9.85. The maximum atomic E-state index is 16.9. The van der Waals surface area contributed by atoms with Crippen LogP contribution in [0.2, 0.25) is 0 Å². The van der Waals surface area contributed by atoms with Crippen LogP contribution in [0, 0.1) is 22.7 Å². The summed E-state index contributed by atoms with van der Waals surface area (Å²) in [5.41, 5.74) is -5.78. The molecule has 4 aliphatic carbocycles. The monoisotopic (exact) mass is 504 g/mol. The standard InChI is InChI=1S/C21H28FO8P.2Na/c1-18-7-5-13(23)9-12(18)3-4-15-14-6-8-20(26,17(25)11-30-31(27,28)29)19(14,2)10-16(24)21(15,18)22;;/h5,7,9,14-16,24,26H,3-4,6,8,10-11H2,1-2H3,(H2,27,28,29);;/q;2*+1/t14-,15-,16?,18-,19-,20-,21-;;/m0../s1. The normalized spacial score (nSPS) is 43.9. The van der Waals surface area contributed by atoms with E-state index < -0.39 is 60.3 Å². The minimum absolute atomic E-state index is 0. The quantitative estimate of drug-likeness (QED) is 0.223. The first-order valence-electron chi connectivity index (χ1n) is 10.5. The summed E-state index contributed by atoms with van der Waals surface area (Å²) < 4.78 is 32.2. The zero-order valence-corrected chi connectivity index (χ0v) is 24.3. The Morgan fingerprint density at radius 2 is 1.88 bits per heavy atom. The Balaban J connectivity index is 0.00000193. The Bertz CT molecular complexity index is 953. The van der Waals surface area contributed by atoms with Crippen molar-refractivity contribution < 1.29 is 102 Å². The summed E-state index contributed by atoms with van der Waals surface area (Å²) in [6, 6.07) is 0. The predicted molar refractivity (Wildman–Crippen MR) is 106 cm³/mol. The van der Waals surface area contributed by atoms with Crippen LogP contribution in [0.25, 0.3) is 0 Å². The van der Waals surface area contributed by atoms with E-state index in [0.29, 0.717) is 24.8 Å². The molecule has 1 unspecified atom stereocenters. The molecule has 0 aromatic heterocycles. The molecular weight excluding hydrogens is 476 g/mol. The van der Waals surface area contributed by atoms with Gasteiger partial charge in [-0.2, -0.15) is 0 Å². The Labute approximate surface area is 236 Å². The average molecular weight is 504 g/mol. The minimum Gasteiger partial charge on any atom is -0.390 e. The number of fused-ring (bicyclic) bond motifs is 5. The smallest absolute Gasteiger partial charge is 0.390 e. The molecule has 0 aromatic carbocycles. The van der Waals surface area contributed by atoms with Crippen molar-refractivity contribution in [1.82, 2.24) is 0 Å².